The van der Waals surface area contributed by atoms with Gasteiger partial charge in [0.15, 0.2) is 16.6 Å². The van der Waals surface area contributed by atoms with Crippen molar-refractivity contribution in [2.75, 3.05) is 53.8 Å². The van der Waals surface area contributed by atoms with Crippen molar-refractivity contribution in [2.45, 2.75) is 0 Å². The van der Waals surface area contributed by atoms with Crippen molar-refractivity contribution in [2.24, 2.45) is 0 Å². The smallest absolute Gasteiger partial charge is 0.203 e. The summed E-state index contributed by atoms with van der Waals surface area (Å²) in [5, 5.41) is 6.83. The van der Waals surface area contributed by atoms with Crippen LogP contribution in [0.5, 0.6) is 17.2 Å². The quantitative estimate of drug-likeness (QED) is 0.623. The third kappa shape index (κ3) is 5.28. The molecule has 0 bridgehead atoms. The largest absolute Gasteiger partial charge is 0.493 e. The van der Waals surface area contributed by atoms with Crippen molar-refractivity contribution in [3.05, 3.63) is 12.1 Å². The van der Waals surface area contributed by atoms with Gasteiger partial charge < -0.3 is 29.7 Å². The number of methoxy groups -OCH3 is 3. The van der Waals surface area contributed by atoms with E-state index in [1.165, 1.54) is 4.90 Å². The van der Waals surface area contributed by atoms with E-state index in [0.717, 1.165) is 18.8 Å². The average Bonchev–Trinajstić information content (AvgIpc) is 2.45. The summed E-state index contributed by atoms with van der Waals surface area (Å²) in [5.41, 5.74) is 0.777. The van der Waals surface area contributed by atoms with Crippen LogP contribution in [0.15, 0.2) is 12.1 Å². The minimum atomic E-state index is 0.556. The van der Waals surface area contributed by atoms with E-state index in [1.54, 1.807) is 21.3 Å². The maximum atomic E-state index is 5.30. The molecule has 21 heavy (non-hydrogen) atoms. The molecule has 0 amide bonds. The van der Waals surface area contributed by atoms with Gasteiger partial charge in [0.2, 0.25) is 5.75 Å². The second-order valence-electron chi connectivity index (χ2n) is 4.75. The molecule has 3 N–H and O–H groups in total. The summed E-state index contributed by atoms with van der Waals surface area (Å²) < 4.78 is 15.9. The molecule has 0 fully saturated rings. The summed E-state index contributed by atoms with van der Waals surface area (Å²) >= 11 is 5.26. The Bertz CT molecular complexity index is 456. The van der Waals surface area contributed by atoms with Gasteiger partial charge in [-0.15, -0.1) is 0 Å². The molecule has 0 unspecified atom stereocenters. The van der Waals surface area contributed by atoms with Crippen molar-refractivity contribution >= 4 is 23.0 Å². The molecule has 0 heterocycles. The average molecular weight is 314 g/mol. The Morgan fingerprint density at radius 3 is 2.10 bits per heavy atom. The van der Waals surface area contributed by atoms with Gasteiger partial charge in [-0.25, -0.2) is 0 Å². The molecule has 0 saturated heterocycles. The Kier molecular flexibility index (Phi) is 7.04. The molecule has 0 saturated carbocycles. The Hall–Kier alpha value is -1.73. The number of ether oxygens (including phenoxy) is 3. The fourth-order valence-corrected chi connectivity index (χ4v) is 1.97. The maximum Gasteiger partial charge on any atom is 0.203 e. The number of anilines is 1. The molecule has 1 rings (SSSR count). The van der Waals surface area contributed by atoms with Gasteiger partial charge in [0.1, 0.15) is 0 Å². The molecule has 0 aliphatic carbocycles. The Morgan fingerprint density at radius 1 is 1.10 bits per heavy atom. The summed E-state index contributed by atoms with van der Waals surface area (Å²) in [4.78, 5) is 1.36. The summed E-state index contributed by atoms with van der Waals surface area (Å²) in [6.07, 6.45) is 0. The first kappa shape index (κ1) is 17.3. The molecular weight excluding hydrogens is 290 g/mol. The summed E-state index contributed by atoms with van der Waals surface area (Å²) in [6, 6.07) is 3.62. The zero-order valence-electron chi connectivity index (χ0n) is 13.2. The van der Waals surface area contributed by atoms with Gasteiger partial charge in [-0.3, -0.25) is 0 Å². The van der Waals surface area contributed by atoms with Crippen molar-refractivity contribution in [3.63, 3.8) is 0 Å². The first-order valence-electron chi connectivity index (χ1n) is 6.65. The molecule has 0 aliphatic rings. The Balaban J connectivity index is 2.77. The zero-order chi connectivity index (χ0) is 15.8. The first-order chi connectivity index (χ1) is 10.0. The highest BCUT2D eigenvalue weighted by Crippen LogP contribution is 2.39. The third-order valence-electron chi connectivity index (χ3n) is 2.83. The van der Waals surface area contributed by atoms with Gasteiger partial charge in [-0.2, -0.15) is 0 Å². The van der Waals surface area contributed by atoms with Gasteiger partial charge in [0.05, 0.1) is 48.5 Å². The van der Waals surface area contributed by atoms with Crippen LogP contribution < -0.4 is 29.7 Å². The normalized spacial score (nSPS) is 10.2. The summed E-state index contributed by atoms with van der Waals surface area (Å²) in [5.74, 6) is 1.72. The van der Waals surface area contributed by atoms with Crippen LogP contribution in [0.25, 0.3) is 0 Å². The van der Waals surface area contributed by atoms with Crippen molar-refractivity contribution in [3.8, 4) is 17.2 Å². The van der Waals surface area contributed by atoms with Crippen molar-refractivity contribution in [1.82, 2.24) is 5.32 Å². The van der Waals surface area contributed by atoms with Gasteiger partial charge >= 0.3 is 0 Å². The van der Waals surface area contributed by atoms with Crippen LogP contribution in [-0.2, 0) is 0 Å². The van der Waals surface area contributed by atoms with Crippen LogP contribution in [0.1, 0.15) is 0 Å². The highest BCUT2D eigenvalue weighted by atomic mass is 32.1. The molecule has 6 nitrogen and oxygen atoms in total. The topological polar surface area (TPSA) is 56.2 Å². The van der Waals surface area contributed by atoms with E-state index in [0.29, 0.717) is 22.4 Å². The second-order valence-corrected chi connectivity index (χ2v) is 5.16. The first-order valence-corrected chi connectivity index (χ1v) is 7.06. The monoisotopic (exact) mass is 314 g/mol. The molecule has 1 aromatic carbocycles. The van der Waals surface area contributed by atoms with Crippen LogP contribution >= 0.6 is 12.2 Å². The molecule has 0 aromatic heterocycles. The van der Waals surface area contributed by atoms with Gasteiger partial charge in [-0.1, -0.05) is 0 Å². The summed E-state index contributed by atoms with van der Waals surface area (Å²) in [7, 11) is 8.92. The molecule has 118 valence electrons. The molecule has 1 aromatic rings. The highest BCUT2D eigenvalue weighted by molar-refractivity contribution is 7.80. The number of thiocarbonyl (C=S) groups is 1. The molecule has 0 atom stereocenters. The lowest BCUT2D eigenvalue weighted by atomic mass is 10.2. The van der Waals surface area contributed by atoms with E-state index in [2.05, 4.69) is 24.7 Å². The predicted molar refractivity (Wildman–Crippen MR) is 88.0 cm³/mol. The van der Waals surface area contributed by atoms with Crippen LogP contribution in [0.3, 0.4) is 0 Å². The van der Waals surface area contributed by atoms with E-state index in [-0.39, 0.29) is 0 Å². The number of hydrogen-bond acceptors (Lipinski definition) is 4. The number of likely N-dealkylation sites (N-methyl/N-ethyl adjacent to an activating group) is 1. The minimum Gasteiger partial charge on any atom is -0.493 e. The maximum absolute atomic E-state index is 5.30. The van der Waals surface area contributed by atoms with Crippen LogP contribution in [0, 0.1) is 0 Å². The lowest BCUT2D eigenvalue weighted by Crippen LogP contribution is -3.06. The fraction of sp³-hybridized carbons (Fsp3) is 0.500. The number of rotatable bonds is 7. The number of benzene rings is 1. The van der Waals surface area contributed by atoms with E-state index >= 15 is 0 Å². The minimum absolute atomic E-state index is 0.556. The molecule has 7 heteroatoms. The SMILES string of the molecule is COc1cc(NC(=S)NCC[NH+](C)C)cc(OC)c1OC. The fourth-order valence-electron chi connectivity index (χ4n) is 1.75. The predicted octanol–water partition coefficient (Wildman–Crippen LogP) is 0.143. The van der Waals surface area contributed by atoms with Crippen molar-refractivity contribution in [1.29, 1.82) is 0 Å². The lowest BCUT2D eigenvalue weighted by Gasteiger charge is -2.16. The van der Waals surface area contributed by atoms with Gasteiger partial charge in [0, 0.05) is 17.8 Å². The molecule has 0 spiro atoms. The summed E-state index contributed by atoms with van der Waals surface area (Å²) in [6.45, 7) is 1.79. The molecule has 0 radical (unpaired) electrons. The number of quaternary nitrogens is 1. The van der Waals surface area contributed by atoms with E-state index in [4.69, 9.17) is 26.4 Å². The van der Waals surface area contributed by atoms with Gasteiger partial charge in [0.25, 0.3) is 0 Å². The highest BCUT2D eigenvalue weighted by Gasteiger charge is 2.13. The molecule has 0 aliphatic heterocycles. The van der Waals surface area contributed by atoms with E-state index in [1.807, 2.05) is 12.1 Å². The van der Waals surface area contributed by atoms with Gasteiger partial charge in [-0.05, 0) is 12.2 Å². The Morgan fingerprint density at radius 2 is 1.67 bits per heavy atom. The lowest BCUT2D eigenvalue weighted by molar-refractivity contribution is -0.856. The second kappa shape index (κ2) is 8.53. The van der Waals surface area contributed by atoms with E-state index < -0.39 is 0 Å². The number of nitrogens with one attached hydrogen (secondary N) is 3. The van der Waals surface area contributed by atoms with E-state index in [9.17, 15) is 0 Å². The number of hydrogen-bond donors (Lipinski definition) is 3. The Labute approximate surface area is 131 Å². The van der Waals surface area contributed by atoms with Crippen LogP contribution in [-0.4, -0.2) is 53.6 Å². The standard InChI is InChI=1S/C14H23N3O3S/c1-17(2)7-6-15-14(21)16-10-8-11(18-3)13(20-5)12(9-10)19-4/h8-9H,6-7H2,1-5H3,(H2,15,16,21)/p+1. The van der Waals surface area contributed by atoms with Crippen LogP contribution in [0.4, 0.5) is 5.69 Å². The van der Waals surface area contributed by atoms with Crippen LogP contribution in [0.2, 0.25) is 0 Å². The zero-order valence-corrected chi connectivity index (χ0v) is 14.0. The third-order valence-corrected chi connectivity index (χ3v) is 3.08. The molecular formula is C14H24N3O3S+. The van der Waals surface area contributed by atoms with Crippen molar-refractivity contribution < 1.29 is 19.1 Å².